The van der Waals surface area contributed by atoms with Gasteiger partial charge in [0.05, 0.1) is 7.11 Å². The fraction of sp³-hybridized carbons (Fsp3) is 0.0400. The Kier molecular flexibility index (Phi) is 6.17. The van der Waals surface area contributed by atoms with Crippen LogP contribution in [0.4, 0.5) is 22.0 Å². The number of fused-ring (bicyclic) bond motifs is 1. The van der Waals surface area contributed by atoms with E-state index in [4.69, 9.17) is 22.1 Å². The topological polar surface area (TPSA) is 115 Å². The number of urea groups is 1. The maximum absolute atomic E-state index is 12.3. The maximum atomic E-state index is 12.3. The lowest BCUT2D eigenvalue weighted by atomic mass is 10.0. The first-order valence-corrected chi connectivity index (χ1v) is 11.7. The van der Waals surface area contributed by atoms with Crippen LogP contribution in [0.25, 0.3) is 32.3 Å². The molecule has 0 aliphatic carbocycles. The van der Waals surface area contributed by atoms with Crippen LogP contribution in [0, 0.1) is 0 Å². The van der Waals surface area contributed by atoms with E-state index in [0.29, 0.717) is 28.2 Å². The van der Waals surface area contributed by atoms with Crippen molar-refractivity contribution < 1.29 is 9.53 Å². The summed E-state index contributed by atoms with van der Waals surface area (Å²) in [6.45, 7) is 0. The lowest BCUT2D eigenvalue weighted by Crippen LogP contribution is -2.19. The number of hydrogen-bond donors (Lipinski definition) is 3. The van der Waals surface area contributed by atoms with Gasteiger partial charge in [-0.05, 0) is 41.3 Å². The number of carbonyl (C=O) groups is 1. The number of rotatable bonds is 5. The maximum Gasteiger partial charge on any atom is 0.323 e. The number of nitrogen functional groups attached to an aromatic ring is 1. The van der Waals surface area contributed by atoms with Crippen LogP contribution in [0.1, 0.15) is 0 Å². The van der Waals surface area contributed by atoms with Crippen molar-refractivity contribution in [1.82, 2.24) is 15.0 Å². The molecule has 4 N–H and O–H groups in total. The van der Waals surface area contributed by atoms with Crippen LogP contribution in [0.15, 0.2) is 72.5 Å². The van der Waals surface area contributed by atoms with Gasteiger partial charge in [-0.15, -0.1) is 11.3 Å². The lowest BCUT2D eigenvalue weighted by molar-refractivity contribution is 0.262. The quantitative estimate of drug-likeness (QED) is 0.259. The second kappa shape index (κ2) is 9.57. The fourth-order valence-electron chi connectivity index (χ4n) is 3.64. The van der Waals surface area contributed by atoms with Gasteiger partial charge in [-0.25, -0.2) is 19.7 Å². The molecule has 5 rings (SSSR count). The minimum Gasteiger partial charge on any atom is -0.467 e. The average molecular weight is 503 g/mol. The highest BCUT2D eigenvalue weighted by molar-refractivity contribution is 7.18. The summed E-state index contributed by atoms with van der Waals surface area (Å²) in [4.78, 5) is 25.1. The van der Waals surface area contributed by atoms with Gasteiger partial charge in [-0.2, -0.15) is 0 Å². The molecule has 0 bridgehead atoms. The minimum atomic E-state index is -0.360. The van der Waals surface area contributed by atoms with Crippen LogP contribution in [0.3, 0.4) is 0 Å². The number of anilines is 3. The summed E-state index contributed by atoms with van der Waals surface area (Å²) in [6, 6.07) is 14.4. The number of halogens is 1. The highest BCUT2D eigenvalue weighted by atomic mass is 35.5. The Morgan fingerprint density at radius 2 is 1.69 bits per heavy atom. The summed E-state index contributed by atoms with van der Waals surface area (Å²) in [5.41, 5.74) is 11.2. The molecular formula is C25H19ClN6O2S. The second-order valence-corrected chi connectivity index (χ2v) is 8.85. The Hall–Kier alpha value is -4.21. The number of nitrogens with two attached hydrogens (primary N) is 1. The second-order valence-electron chi connectivity index (χ2n) is 7.54. The molecule has 35 heavy (non-hydrogen) atoms. The Morgan fingerprint density at radius 3 is 2.40 bits per heavy atom. The lowest BCUT2D eigenvalue weighted by Gasteiger charge is -2.09. The standard InChI is InChI=1S/C25H19ClN6O2S/c1-34-25-29-10-15(11-30-25)19-12-28-23(27)21-20(13-35-22(19)21)14-5-7-17(8-6-14)31-24(33)32-18-4-2-3-16(26)9-18/h2-13H,1H3,(H2,27,28)(H2,31,32,33). The predicted molar refractivity (Wildman–Crippen MR) is 141 cm³/mol. The number of aromatic nitrogens is 3. The average Bonchev–Trinajstić information content (AvgIpc) is 3.31. The van der Waals surface area contributed by atoms with Crippen LogP contribution in [-0.2, 0) is 0 Å². The Labute approximate surface area is 209 Å². The zero-order chi connectivity index (χ0) is 24.4. The third-order valence-electron chi connectivity index (χ3n) is 5.28. The van der Waals surface area contributed by atoms with E-state index in [-0.39, 0.29) is 6.03 Å². The molecule has 0 fully saturated rings. The van der Waals surface area contributed by atoms with Gasteiger partial charge in [-0.3, -0.25) is 0 Å². The molecule has 2 amide bonds. The molecule has 0 aliphatic rings. The van der Waals surface area contributed by atoms with Crippen LogP contribution in [0.2, 0.25) is 5.02 Å². The molecular weight excluding hydrogens is 484 g/mol. The van der Waals surface area contributed by atoms with Gasteiger partial charge in [0.1, 0.15) is 5.82 Å². The van der Waals surface area contributed by atoms with Gasteiger partial charge in [0.25, 0.3) is 0 Å². The van der Waals surface area contributed by atoms with Gasteiger partial charge >= 0.3 is 12.0 Å². The predicted octanol–water partition coefficient (Wildman–Crippen LogP) is 6.31. The monoisotopic (exact) mass is 502 g/mol. The van der Waals surface area contributed by atoms with Crippen molar-refractivity contribution in [3.8, 4) is 28.3 Å². The molecule has 0 unspecified atom stereocenters. The molecule has 0 saturated heterocycles. The number of nitrogens with one attached hydrogen (secondary N) is 2. The number of nitrogens with zero attached hydrogens (tertiary/aromatic N) is 3. The molecule has 0 radical (unpaired) electrons. The van der Waals surface area contributed by atoms with Gasteiger partial charge in [0.2, 0.25) is 0 Å². The number of pyridine rings is 1. The summed E-state index contributed by atoms with van der Waals surface area (Å²) in [5.74, 6) is 0.442. The van der Waals surface area contributed by atoms with Crippen molar-refractivity contribution >= 4 is 56.2 Å². The smallest absolute Gasteiger partial charge is 0.323 e. The SMILES string of the molecule is COc1ncc(-c2cnc(N)c3c(-c4ccc(NC(=O)Nc5cccc(Cl)c5)cc4)csc23)cn1. The number of ether oxygens (including phenoxy) is 1. The molecule has 0 spiro atoms. The molecule has 2 aromatic carbocycles. The van der Waals surface area contributed by atoms with E-state index < -0.39 is 0 Å². The Bertz CT molecular complexity index is 1520. The first-order valence-electron chi connectivity index (χ1n) is 10.5. The number of benzene rings is 2. The van der Waals surface area contributed by atoms with E-state index in [0.717, 1.165) is 32.3 Å². The Morgan fingerprint density at radius 1 is 0.943 bits per heavy atom. The van der Waals surface area contributed by atoms with Gasteiger partial charge < -0.3 is 21.1 Å². The number of hydrogen-bond acceptors (Lipinski definition) is 7. The zero-order valence-electron chi connectivity index (χ0n) is 18.4. The van der Waals surface area contributed by atoms with Crippen LogP contribution in [0.5, 0.6) is 6.01 Å². The molecule has 10 heteroatoms. The van der Waals surface area contributed by atoms with Crippen LogP contribution >= 0.6 is 22.9 Å². The highest BCUT2D eigenvalue weighted by Gasteiger charge is 2.16. The largest absolute Gasteiger partial charge is 0.467 e. The van der Waals surface area contributed by atoms with Crippen molar-refractivity contribution in [3.05, 3.63) is 77.5 Å². The summed E-state index contributed by atoms with van der Waals surface area (Å²) in [5, 5.41) is 9.04. The third-order valence-corrected chi connectivity index (χ3v) is 6.53. The van der Waals surface area contributed by atoms with Crippen molar-refractivity contribution in [2.45, 2.75) is 0 Å². The molecule has 174 valence electrons. The summed E-state index contributed by atoms with van der Waals surface area (Å²) in [6.07, 6.45) is 5.13. The number of methoxy groups -OCH3 is 1. The van der Waals surface area contributed by atoms with E-state index >= 15 is 0 Å². The summed E-state index contributed by atoms with van der Waals surface area (Å²) in [7, 11) is 1.52. The first kappa shape index (κ1) is 22.6. The first-order chi connectivity index (χ1) is 17.0. The number of amides is 2. The van der Waals surface area contributed by atoms with Gasteiger partial charge in [-0.1, -0.05) is 29.8 Å². The normalized spacial score (nSPS) is 10.8. The van der Waals surface area contributed by atoms with E-state index in [1.165, 1.54) is 7.11 Å². The van der Waals surface area contributed by atoms with Gasteiger partial charge in [0.15, 0.2) is 0 Å². The molecule has 0 saturated carbocycles. The Balaban J connectivity index is 1.40. The summed E-state index contributed by atoms with van der Waals surface area (Å²) < 4.78 is 6.04. The molecule has 0 atom stereocenters. The minimum absolute atomic E-state index is 0.301. The molecule has 8 nitrogen and oxygen atoms in total. The molecule has 3 aromatic heterocycles. The van der Waals surface area contributed by atoms with E-state index in [1.807, 2.05) is 29.6 Å². The molecule has 0 aliphatic heterocycles. The van der Waals surface area contributed by atoms with E-state index in [1.54, 1.807) is 54.2 Å². The van der Waals surface area contributed by atoms with E-state index in [9.17, 15) is 4.79 Å². The van der Waals surface area contributed by atoms with Crippen LogP contribution in [-0.4, -0.2) is 28.1 Å². The van der Waals surface area contributed by atoms with Crippen molar-refractivity contribution in [2.24, 2.45) is 0 Å². The zero-order valence-corrected chi connectivity index (χ0v) is 20.0. The number of thiophene rings is 1. The van der Waals surface area contributed by atoms with Crippen molar-refractivity contribution in [3.63, 3.8) is 0 Å². The van der Waals surface area contributed by atoms with Crippen molar-refractivity contribution in [1.29, 1.82) is 0 Å². The highest BCUT2D eigenvalue weighted by Crippen LogP contribution is 2.41. The molecule has 5 aromatic rings. The number of carbonyl (C=O) groups excluding carboxylic acids is 1. The van der Waals surface area contributed by atoms with Crippen molar-refractivity contribution in [2.75, 3.05) is 23.5 Å². The van der Waals surface area contributed by atoms with Crippen LogP contribution < -0.4 is 21.1 Å². The van der Waals surface area contributed by atoms with Gasteiger partial charge in [0, 0.05) is 61.8 Å². The third kappa shape index (κ3) is 4.72. The molecule has 3 heterocycles. The summed E-state index contributed by atoms with van der Waals surface area (Å²) >= 11 is 7.54. The van der Waals surface area contributed by atoms with E-state index in [2.05, 4.69) is 25.6 Å². The fourth-order valence-corrected chi connectivity index (χ4v) is 4.95.